The van der Waals surface area contributed by atoms with Crippen molar-refractivity contribution in [3.8, 4) is 0 Å². The first-order valence-electron chi connectivity index (χ1n) is 5.77. The fraction of sp³-hybridized carbons (Fsp3) is 0.429. The Morgan fingerprint density at radius 3 is 1.71 bits per heavy atom. The van der Waals surface area contributed by atoms with Gasteiger partial charge in [-0.25, -0.2) is 0 Å². The Bertz CT molecular complexity index is 275. The maximum absolute atomic E-state index is 5.92. The molecule has 0 spiro atoms. The van der Waals surface area contributed by atoms with Gasteiger partial charge < -0.3 is 12.4 Å². The molecule has 0 saturated heterocycles. The van der Waals surface area contributed by atoms with Crippen LogP contribution < -0.4 is 12.4 Å². The first-order valence-corrected chi connectivity index (χ1v) is 7.96. The van der Waals surface area contributed by atoms with Crippen molar-refractivity contribution in [1.29, 1.82) is 0 Å². The van der Waals surface area contributed by atoms with Crippen LogP contribution in [-0.2, 0) is 21.6 Å². The van der Waals surface area contributed by atoms with E-state index in [2.05, 4.69) is 57.2 Å². The van der Waals surface area contributed by atoms with Crippen LogP contribution in [0.4, 0.5) is 0 Å². The van der Waals surface area contributed by atoms with Gasteiger partial charge in [0.15, 0.2) is 0 Å². The smallest absolute Gasteiger partial charge is 1.00 e. The largest absolute Gasteiger partial charge is 1.00 e. The Labute approximate surface area is 119 Å². The van der Waals surface area contributed by atoms with Crippen LogP contribution in [0.3, 0.4) is 0 Å². The molecule has 0 aliphatic carbocycles. The van der Waals surface area contributed by atoms with Gasteiger partial charge in [0.25, 0.3) is 0 Å². The molecule has 0 aromatic rings. The average Bonchev–Trinajstić information content (AvgIpc) is 2.29. The second kappa shape index (κ2) is 12.4. The topological polar surface area (TPSA) is 9.23 Å². The monoisotopic (exact) mass is 290 g/mol. The van der Waals surface area contributed by atoms with Crippen molar-refractivity contribution in [2.45, 2.75) is 34.6 Å². The minimum absolute atomic E-state index is 0. The quantitative estimate of drug-likeness (QED) is 0.532. The predicted molar refractivity (Wildman–Crippen MR) is 68.8 cm³/mol. The zero-order chi connectivity index (χ0) is 12.4. The summed E-state index contributed by atoms with van der Waals surface area (Å²) >= 11 is -1.66. The first kappa shape index (κ1) is 19.3. The number of allylic oxidation sites excluding steroid dienone is 8. The zero-order valence-corrected chi connectivity index (χ0v) is 13.8. The van der Waals surface area contributed by atoms with Gasteiger partial charge >= 0.3 is 107 Å². The van der Waals surface area contributed by atoms with Crippen LogP contribution in [-0.4, -0.2) is 6.61 Å². The molecular weight excluding hydrogens is 267 g/mol. The molecular formula is C14H23ClOTi. The summed E-state index contributed by atoms with van der Waals surface area (Å²) < 4.78 is 8.72. The third kappa shape index (κ3) is 8.62. The standard InChI is InChI=1S/2C6H9.C2H5O.ClH.Ti/c2*1-3-5-6-4-2;1-2-3;;/h2*3,5-6H,1-2H3;2H2,1H3;1H;/q;;-1;;+2/p-1. The van der Waals surface area contributed by atoms with Gasteiger partial charge in [-0.05, 0) is 0 Å². The second-order valence-corrected chi connectivity index (χ2v) is 7.45. The van der Waals surface area contributed by atoms with Crippen molar-refractivity contribution in [2.24, 2.45) is 0 Å². The minimum atomic E-state index is -1.66. The Morgan fingerprint density at radius 1 is 1.00 bits per heavy atom. The molecule has 0 fully saturated rings. The van der Waals surface area contributed by atoms with Gasteiger partial charge in [0.05, 0.1) is 0 Å². The molecule has 1 nitrogen and oxygen atoms in total. The molecule has 0 saturated carbocycles. The number of halogens is 1. The van der Waals surface area contributed by atoms with Crippen molar-refractivity contribution in [1.82, 2.24) is 0 Å². The Morgan fingerprint density at radius 2 is 1.41 bits per heavy atom. The molecule has 0 unspecified atom stereocenters. The maximum Gasteiger partial charge on any atom is -1.00 e. The molecule has 0 atom stereocenters. The predicted octanol–water partition coefficient (Wildman–Crippen LogP) is 1.52. The molecule has 0 aliphatic heterocycles. The van der Waals surface area contributed by atoms with Gasteiger partial charge in [-0.1, -0.05) is 0 Å². The van der Waals surface area contributed by atoms with Crippen LogP contribution in [0.2, 0.25) is 0 Å². The number of rotatable bonds is 6. The fourth-order valence-corrected chi connectivity index (χ4v) is 4.22. The number of hydrogen-bond acceptors (Lipinski definition) is 1. The molecule has 0 bridgehead atoms. The van der Waals surface area contributed by atoms with Gasteiger partial charge in [-0.2, -0.15) is 0 Å². The molecule has 0 heterocycles. The van der Waals surface area contributed by atoms with Gasteiger partial charge in [-0.15, -0.1) is 0 Å². The van der Waals surface area contributed by atoms with E-state index in [0.717, 1.165) is 6.61 Å². The second-order valence-electron chi connectivity index (χ2n) is 3.51. The summed E-state index contributed by atoms with van der Waals surface area (Å²) in [5.41, 5.74) is 0. The summed E-state index contributed by atoms with van der Waals surface area (Å²) in [4.78, 5) is 0. The Kier molecular flexibility index (Phi) is 14.0. The van der Waals surface area contributed by atoms with E-state index < -0.39 is 18.3 Å². The van der Waals surface area contributed by atoms with E-state index in [9.17, 15) is 0 Å². The van der Waals surface area contributed by atoms with Crippen molar-refractivity contribution >= 4 is 0 Å². The van der Waals surface area contributed by atoms with Gasteiger partial charge in [0.1, 0.15) is 0 Å². The van der Waals surface area contributed by atoms with Crippen LogP contribution in [0.1, 0.15) is 34.6 Å². The summed E-state index contributed by atoms with van der Waals surface area (Å²) in [5, 5.41) is 0. The van der Waals surface area contributed by atoms with E-state index in [-0.39, 0.29) is 12.4 Å². The van der Waals surface area contributed by atoms with Crippen LogP contribution in [0.5, 0.6) is 0 Å². The van der Waals surface area contributed by atoms with Crippen molar-refractivity contribution in [2.75, 3.05) is 6.61 Å². The van der Waals surface area contributed by atoms with E-state index in [4.69, 9.17) is 3.32 Å². The van der Waals surface area contributed by atoms with Gasteiger partial charge in [0, 0.05) is 0 Å². The SMILES string of the molecule is CC=CC=[C](C)[Ti+]([O]CC)[C](C)=CC=CC.[Cl-]. The molecule has 0 N–H and O–H groups in total. The van der Waals surface area contributed by atoms with Crippen LogP contribution in [0, 0.1) is 0 Å². The third-order valence-corrected chi connectivity index (χ3v) is 5.74. The number of hydrogen-bond donors (Lipinski definition) is 0. The van der Waals surface area contributed by atoms with E-state index in [1.807, 2.05) is 13.8 Å². The van der Waals surface area contributed by atoms with E-state index in [0.29, 0.717) is 0 Å². The maximum atomic E-state index is 5.92. The van der Waals surface area contributed by atoms with Crippen molar-refractivity contribution in [3.05, 3.63) is 44.2 Å². The van der Waals surface area contributed by atoms with Crippen LogP contribution >= 0.6 is 0 Å². The zero-order valence-electron chi connectivity index (χ0n) is 11.5. The molecule has 17 heavy (non-hydrogen) atoms. The molecule has 0 aromatic carbocycles. The molecule has 0 radical (unpaired) electrons. The van der Waals surface area contributed by atoms with E-state index in [1.165, 1.54) is 7.76 Å². The molecule has 0 rings (SSSR count). The van der Waals surface area contributed by atoms with E-state index in [1.54, 1.807) is 0 Å². The molecule has 96 valence electrons. The summed E-state index contributed by atoms with van der Waals surface area (Å²) in [5.74, 6) is 0. The van der Waals surface area contributed by atoms with E-state index >= 15 is 0 Å². The average molecular weight is 291 g/mol. The van der Waals surface area contributed by atoms with Gasteiger partial charge in [-0.3, -0.25) is 0 Å². The van der Waals surface area contributed by atoms with Crippen molar-refractivity contribution in [3.63, 3.8) is 0 Å². The first-order chi connectivity index (χ1) is 7.67. The molecule has 0 aliphatic rings. The van der Waals surface area contributed by atoms with Crippen LogP contribution in [0.15, 0.2) is 44.2 Å². The third-order valence-electron chi connectivity index (χ3n) is 2.08. The summed E-state index contributed by atoms with van der Waals surface area (Å²) in [6.45, 7) is 11.3. The molecule has 0 aromatic heterocycles. The Hall–Kier alpha value is -0.0757. The molecule has 3 heteroatoms. The van der Waals surface area contributed by atoms with Gasteiger partial charge in [0.2, 0.25) is 0 Å². The molecule has 0 amide bonds. The van der Waals surface area contributed by atoms with Crippen molar-refractivity contribution < 1.29 is 34.0 Å². The Balaban J connectivity index is 0. The minimum Gasteiger partial charge on any atom is -1.00 e. The summed E-state index contributed by atoms with van der Waals surface area (Å²) in [6, 6.07) is 0. The summed E-state index contributed by atoms with van der Waals surface area (Å²) in [7, 11) is 0. The normalized spacial score (nSPS) is 13.2. The summed E-state index contributed by atoms with van der Waals surface area (Å²) in [6.07, 6.45) is 12.6. The fourth-order valence-electron chi connectivity index (χ4n) is 1.32. The van der Waals surface area contributed by atoms with Crippen LogP contribution in [0.25, 0.3) is 0 Å².